The molecule has 13 heteroatoms. The Hall–Kier alpha value is -4.49. The number of carbonyl (C=O) groups is 5. The highest BCUT2D eigenvalue weighted by Gasteiger charge is 2.32. The van der Waals surface area contributed by atoms with Crippen LogP contribution in [0.4, 0.5) is 9.59 Å². The van der Waals surface area contributed by atoms with E-state index in [9.17, 15) is 29.1 Å². The number of benzene rings is 2. The molecule has 45 heavy (non-hydrogen) atoms. The van der Waals surface area contributed by atoms with E-state index in [1.54, 1.807) is 0 Å². The molecular formula is C32H41N3O10. The molecule has 0 heterocycles. The summed E-state index contributed by atoms with van der Waals surface area (Å²) in [6.45, 7) is 3.87. The van der Waals surface area contributed by atoms with Crippen LogP contribution in [0.5, 0.6) is 0 Å². The molecule has 3 rings (SSSR count). The Morgan fingerprint density at radius 3 is 2.04 bits per heavy atom. The molecule has 2 aromatic carbocycles. The van der Waals surface area contributed by atoms with Crippen LogP contribution in [0.3, 0.4) is 0 Å². The van der Waals surface area contributed by atoms with Crippen LogP contribution in [0.15, 0.2) is 48.5 Å². The maximum Gasteiger partial charge on any atom is 0.409 e. The van der Waals surface area contributed by atoms with E-state index in [2.05, 4.69) is 10.6 Å². The summed E-state index contributed by atoms with van der Waals surface area (Å²) in [5, 5.41) is 14.4. The minimum absolute atomic E-state index is 0.0162. The third kappa shape index (κ3) is 10.9. The molecule has 3 amide bonds. The van der Waals surface area contributed by atoms with Gasteiger partial charge in [-0.15, -0.1) is 0 Å². The highest BCUT2D eigenvalue weighted by Crippen LogP contribution is 2.44. The van der Waals surface area contributed by atoms with Crippen LogP contribution in [-0.2, 0) is 33.3 Å². The number of carboxylic acid groups (broad SMARTS) is 1. The molecule has 0 fully saturated rings. The first-order valence-corrected chi connectivity index (χ1v) is 14.8. The van der Waals surface area contributed by atoms with Gasteiger partial charge in [0.1, 0.15) is 12.9 Å². The summed E-state index contributed by atoms with van der Waals surface area (Å²) in [5.74, 6) is -1.73. The minimum Gasteiger partial charge on any atom is -0.478 e. The molecule has 0 aromatic heterocycles. The number of hydrogen-bond donors (Lipinski definition) is 3. The van der Waals surface area contributed by atoms with E-state index in [1.807, 2.05) is 48.5 Å². The molecule has 0 spiro atoms. The number of aliphatic carboxylic acids is 1. The van der Waals surface area contributed by atoms with E-state index >= 15 is 0 Å². The second-order valence-corrected chi connectivity index (χ2v) is 10.7. The van der Waals surface area contributed by atoms with Gasteiger partial charge in [-0.3, -0.25) is 4.79 Å². The Morgan fingerprint density at radius 2 is 1.44 bits per heavy atom. The lowest BCUT2D eigenvalue weighted by molar-refractivity contribution is -0.154. The SMILES string of the molecule is CC(C)(OC(=O)NCCN(CCNC(=O)CCOCCOCCC=O)C(=O)OCC1c2ccccc2-c2ccccc21)C(=O)O. The topological polar surface area (TPSA) is 170 Å². The van der Waals surface area contributed by atoms with E-state index in [1.165, 1.54) is 18.7 Å². The van der Waals surface area contributed by atoms with E-state index in [0.29, 0.717) is 26.2 Å². The molecule has 244 valence electrons. The lowest BCUT2D eigenvalue weighted by Gasteiger charge is -2.24. The smallest absolute Gasteiger partial charge is 0.409 e. The molecule has 0 unspecified atom stereocenters. The molecule has 0 aliphatic heterocycles. The lowest BCUT2D eigenvalue weighted by Crippen LogP contribution is -2.45. The van der Waals surface area contributed by atoms with Crippen molar-refractivity contribution in [1.82, 2.24) is 15.5 Å². The average Bonchev–Trinajstić information content (AvgIpc) is 3.33. The normalized spacial score (nSPS) is 12.0. The van der Waals surface area contributed by atoms with E-state index in [0.717, 1.165) is 28.5 Å². The number of hydrogen-bond acceptors (Lipinski definition) is 9. The van der Waals surface area contributed by atoms with Gasteiger partial charge >= 0.3 is 18.2 Å². The molecular weight excluding hydrogens is 586 g/mol. The van der Waals surface area contributed by atoms with Crippen LogP contribution in [0.25, 0.3) is 11.1 Å². The maximum absolute atomic E-state index is 13.2. The first kappa shape index (κ1) is 35.0. The second-order valence-electron chi connectivity index (χ2n) is 10.7. The monoisotopic (exact) mass is 627 g/mol. The highest BCUT2D eigenvalue weighted by atomic mass is 16.6. The van der Waals surface area contributed by atoms with Crippen molar-refractivity contribution in [3.05, 3.63) is 59.7 Å². The van der Waals surface area contributed by atoms with Crippen LogP contribution in [-0.4, -0.2) is 105 Å². The van der Waals surface area contributed by atoms with Gasteiger partial charge in [0.05, 0.1) is 26.4 Å². The van der Waals surface area contributed by atoms with Crippen LogP contribution >= 0.6 is 0 Å². The number of carbonyl (C=O) groups excluding carboxylic acids is 4. The number of rotatable bonds is 19. The van der Waals surface area contributed by atoms with Gasteiger partial charge in [0.15, 0.2) is 0 Å². The number of carboxylic acids is 1. The fraction of sp³-hybridized carbons (Fsp3) is 0.469. The molecule has 0 radical (unpaired) electrons. The molecule has 0 bridgehead atoms. The van der Waals surface area contributed by atoms with Crippen molar-refractivity contribution in [3.8, 4) is 11.1 Å². The van der Waals surface area contributed by atoms with Gasteiger partial charge in [-0.1, -0.05) is 48.5 Å². The Kier molecular flexibility index (Phi) is 13.8. The molecule has 1 aliphatic rings. The molecule has 1 aliphatic carbocycles. The third-order valence-corrected chi connectivity index (χ3v) is 7.04. The highest BCUT2D eigenvalue weighted by molar-refractivity contribution is 5.81. The molecule has 3 N–H and O–H groups in total. The summed E-state index contributed by atoms with van der Waals surface area (Å²) in [4.78, 5) is 60.5. The maximum atomic E-state index is 13.2. The molecule has 0 atom stereocenters. The molecule has 2 aromatic rings. The molecule has 0 saturated heterocycles. The van der Waals surface area contributed by atoms with Gasteiger partial charge in [-0.25, -0.2) is 14.4 Å². The largest absolute Gasteiger partial charge is 0.478 e. The Bertz CT molecular complexity index is 1270. The number of aldehydes is 1. The summed E-state index contributed by atoms with van der Waals surface area (Å²) in [5.41, 5.74) is 2.58. The van der Waals surface area contributed by atoms with Crippen LogP contribution in [0.1, 0.15) is 43.7 Å². The Morgan fingerprint density at radius 1 is 0.867 bits per heavy atom. The zero-order valence-electron chi connectivity index (χ0n) is 25.6. The first-order chi connectivity index (χ1) is 21.6. The quantitative estimate of drug-likeness (QED) is 0.155. The molecule has 13 nitrogen and oxygen atoms in total. The summed E-state index contributed by atoms with van der Waals surface area (Å²) in [7, 11) is 0. The fourth-order valence-electron chi connectivity index (χ4n) is 4.62. The van der Waals surface area contributed by atoms with E-state index in [-0.39, 0.29) is 57.6 Å². The van der Waals surface area contributed by atoms with Crippen molar-refractivity contribution < 1.29 is 48.0 Å². The van der Waals surface area contributed by atoms with Crippen molar-refractivity contribution in [2.45, 2.75) is 38.2 Å². The summed E-state index contributed by atoms with van der Waals surface area (Å²) < 4.78 is 21.3. The van der Waals surface area contributed by atoms with Gasteiger partial charge in [0.25, 0.3) is 0 Å². The standard InChI is InChI=1S/C32H41N3O10/c1-32(2,29(38)39)45-30(40)34-14-16-35(15-13-33-28(37)12-19-43-21-20-42-18-7-17-36)31(41)44-22-27-25-10-5-3-8-23(25)24-9-4-6-11-26(24)27/h3-6,8-11,17,27H,7,12-16,18-22H2,1-2H3,(H,33,37)(H,34,40)(H,38,39). The predicted molar refractivity (Wildman–Crippen MR) is 163 cm³/mol. The molecule has 0 saturated carbocycles. The van der Waals surface area contributed by atoms with E-state index in [4.69, 9.17) is 18.9 Å². The van der Waals surface area contributed by atoms with Gasteiger partial charge < -0.3 is 44.4 Å². The van der Waals surface area contributed by atoms with E-state index < -0.39 is 23.8 Å². The third-order valence-electron chi connectivity index (χ3n) is 7.04. The zero-order valence-corrected chi connectivity index (χ0v) is 25.6. The van der Waals surface area contributed by atoms with Crippen LogP contribution < -0.4 is 10.6 Å². The van der Waals surface area contributed by atoms with Crippen molar-refractivity contribution >= 4 is 30.3 Å². The zero-order chi connectivity index (χ0) is 32.7. The first-order valence-electron chi connectivity index (χ1n) is 14.8. The second kappa shape index (κ2) is 17.7. The van der Waals surface area contributed by atoms with Gasteiger partial charge in [-0.05, 0) is 36.1 Å². The van der Waals surface area contributed by atoms with Crippen molar-refractivity contribution in [3.63, 3.8) is 0 Å². The summed E-state index contributed by atoms with van der Waals surface area (Å²) in [6, 6.07) is 15.9. The van der Waals surface area contributed by atoms with Crippen molar-refractivity contribution in [2.24, 2.45) is 0 Å². The van der Waals surface area contributed by atoms with Gasteiger partial charge in [0.2, 0.25) is 11.5 Å². The summed E-state index contributed by atoms with van der Waals surface area (Å²) >= 11 is 0. The van der Waals surface area contributed by atoms with Crippen molar-refractivity contribution in [1.29, 1.82) is 0 Å². The minimum atomic E-state index is -1.73. The number of nitrogens with zero attached hydrogens (tertiary/aromatic N) is 1. The fourth-order valence-corrected chi connectivity index (χ4v) is 4.62. The number of amides is 3. The average molecular weight is 628 g/mol. The Balaban J connectivity index is 1.52. The Labute approximate surface area is 262 Å². The predicted octanol–water partition coefficient (Wildman–Crippen LogP) is 2.96. The van der Waals surface area contributed by atoms with Crippen LogP contribution in [0.2, 0.25) is 0 Å². The van der Waals surface area contributed by atoms with Gasteiger partial charge in [0, 0.05) is 44.9 Å². The number of fused-ring (bicyclic) bond motifs is 3. The van der Waals surface area contributed by atoms with Crippen molar-refractivity contribution in [2.75, 3.05) is 59.2 Å². The van der Waals surface area contributed by atoms with Gasteiger partial charge in [-0.2, -0.15) is 0 Å². The number of alkyl carbamates (subject to hydrolysis) is 1. The number of ether oxygens (including phenoxy) is 4. The lowest BCUT2D eigenvalue weighted by atomic mass is 9.98. The van der Waals surface area contributed by atoms with Crippen LogP contribution in [0, 0.1) is 0 Å². The summed E-state index contributed by atoms with van der Waals surface area (Å²) in [6.07, 6.45) is -0.389. The number of nitrogens with one attached hydrogen (secondary N) is 2.